The number of halogens is 2. The first-order chi connectivity index (χ1) is 7.43. The van der Waals surface area contributed by atoms with Crippen LogP contribution >= 0.6 is 31.9 Å². The third-order valence-electron chi connectivity index (χ3n) is 2.22. The van der Waals surface area contributed by atoms with E-state index in [4.69, 9.17) is 4.42 Å². The maximum absolute atomic E-state index is 11.2. The standard InChI is InChI=1S/C10H6Br2O4/c1-3-2-4(13)16-10-5(3)6(11)7(12)8(14)9(10)15/h2,14-15H,1H3. The first kappa shape index (κ1) is 11.5. The molecule has 0 bridgehead atoms. The van der Waals surface area contributed by atoms with Crippen LogP contribution in [0.15, 0.2) is 24.2 Å². The second-order valence-electron chi connectivity index (χ2n) is 3.28. The maximum atomic E-state index is 11.2. The van der Waals surface area contributed by atoms with Gasteiger partial charge in [0.1, 0.15) is 0 Å². The Morgan fingerprint density at radius 3 is 2.44 bits per heavy atom. The normalized spacial score (nSPS) is 10.9. The summed E-state index contributed by atoms with van der Waals surface area (Å²) in [7, 11) is 0. The van der Waals surface area contributed by atoms with Crippen molar-refractivity contribution in [3.63, 3.8) is 0 Å². The highest BCUT2D eigenvalue weighted by atomic mass is 79.9. The number of phenolic OH excluding ortho intramolecular Hbond substituents is 2. The first-order valence-electron chi connectivity index (χ1n) is 4.26. The van der Waals surface area contributed by atoms with E-state index < -0.39 is 11.4 Å². The molecule has 2 aromatic rings. The Morgan fingerprint density at radius 1 is 1.19 bits per heavy atom. The number of aromatic hydroxyl groups is 2. The Bertz CT molecular complexity index is 646. The molecule has 0 saturated carbocycles. The van der Waals surface area contributed by atoms with Gasteiger partial charge >= 0.3 is 5.63 Å². The van der Waals surface area contributed by atoms with Crippen LogP contribution in [0.4, 0.5) is 0 Å². The first-order valence-corrected chi connectivity index (χ1v) is 5.85. The Kier molecular flexibility index (Phi) is 2.71. The van der Waals surface area contributed by atoms with Gasteiger partial charge in [-0.2, -0.15) is 0 Å². The molecule has 4 nitrogen and oxygen atoms in total. The molecule has 0 aliphatic rings. The van der Waals surface area contributed by atoms with Gasteiger partial charge < -0.3 is 14.6 Å². The molecule has 0 radical (unpaired) electrons. The minimum Gasteiger partial charge on any atom is -0.503 e. The SMILES string of the molecule is Cc1cc(=O)oc2c(O)c(O)c(Br)c(Br)c12. The summed E-state index contributed by atoms with van der Waals surface area (Å²) in [6.45, 7) is 1.72. The topological polar surface area (TPSA) is 70.7 Å². The van der Waals surface area contributed by atoms with Crippen LogP contribution in [0.2, 0.25) is 0 Å². The van der Waals surface area contributed by atoms with Gasteiger partial charge in [0.25, 0.3) is 0 Å². The molecule has 1 heterocycles. The molecule has 0 saturated heterocycles. The van der Waals surface area contributed by atoms with Gasteiger partial charge in [-0.25, -0.2) is 4.79 Å². The van der Waals surface area contributed by atoms with Crippen LogP contribution < -0.4 is 5.63 Å². The zero-order valence-corrected chi connectivity index (χ0v) is 11.2. The second-order valence-corrected chi connectivity index (χ2v) is 4.86. The fourth-order valence-corrected chi connectivity index (χ4v) is 2.54. The third-order valence-corrected chi connectivity index (χ3v) is 4.32. The van der Waals surface area contributed by atoms with Gasteiger partial charge in [-0.05, 0) is 44.3 Å². The van der Waals surface area contributed by atoms with Crippen LogP contribution in [0.25, 0.3) is 11.0 Å². The number of aryl methyl sites for hydroxylation is 1. The number of phenols is 2. The highest BCUT2D eigenvalue weighted by molar-refractivity contribution is 9.13. The van der Waals surface area contributed by atoms with Crippen molar-refractivity contribution >= 4 is 42.8 Å². The number of hydrogen-bond acceptors (Lipinski definition) is 4. The molecule has 84 valence electrons. The molecule has 0 amide bonds. The second kappa shape index (κ2) is 3.78. The Labute approximate surface area is 107 Å². The summed E-state index contributed by atoms with van der Waals surface area (Å²) in [5, 5.41) is 19.8. The van der Waals surface area contributed by atoms with Gasteiger partial charge in [0.05, 0.1) is 4.47 Å². The zero-order valence-electron chi connectivity index (χ0n) is 8.04. The Hall–Kier alpha value is -1.01. The number of hydrogen-bond donors (Lipinski definition) is 2. The average Bonchev–Trinajstić information content (AvgIpc) is 2.22. The Balaban J connectivity index is 3.14. The van der Waals surface area contributed by atoms with Crippen molar-refractivity contribution in [3.8, 4) is 11.5 Å². The molecule has 2 N–H and O–H groups in total. The molecule has 0 aliphatic carbocycles. The van der Waals surface area contributed by atoms with E-state index in [0.29, 0.717) is 19.9 Å². The van der Waals surface area contributed by atoms with Crippen LogP contribution in [-0.4, -0.2) is 10.2 Å². The Morgan fingerprint density at radius 2 is 1.81 bits per heavy atom. The molecule has 0 aliphatic heterocycles. The smallest absolute Gasteiger partial charge is 0.336 e. The lowest BCUT2D eigenvalue weighted by Gasteiger charge is -2.09. The predicted octanol–water partition coefficient (Wildman–Crippen LogP) is 3.04. The van der Waals surface area contributed by atoms with Crippen LogP contribution in [0, 0.1) is 6.92 Å². The summed E-state index contributed by atoms with van der Waals surface area (Å²) in [4.78, 5) is 11.2. The lowest BCUT2D eigenvalue weighted by atomic mass is 10.1. The van der Waals surface area contributed by atoms with Crippen LogP contribution in [0.5, 0.6) is 11.5 Å². The van der Waals surface area contributed by atoms with E-state index in [1.54, 1.807) is 6.92 Å². The summed E-state index contributed by atoms with van der Waals surface area (Å²) in [5.41, 5.74) is 0.0422. The predicted molar refractivity (Wildman–Crippen MR) is 66.0 cm³/mol. The van der Waals surface area contributed by atoms with Gasteiger partial charge in [0, 0.05) is 15.9 Å². The van der Waals surface area contributed by atoms with Crippen LogP contribution in [0.3, 0.4) is 0 Å². The van der Waals surface area contributed by atoms with Crippen molar-refractivity contribution in [2.45, 2.75) is 6.92 Å². The van der Waals surface area contributed by atoms with Crippen molar-refractivity contribution in [3.05, 3.63) is 31.0 Å². The molecule has 6 heteroatoms. The molecule has 0 atom stereocenters. The van der Waals surface area contributed by atoms with Crippen molar-refractivity contribution in [2.24, 2.45) is 0 Å². The van der Waals surface area contributed by atoms with Crippen molar-refractivity contribution < 1.29 is 14.6 Å². The molecule has 2 rings (SSSR count). The van der Waals surface area contributed by atoms with E-state index in [-0.39, 0.29) is 11.3 Å². The molecular formula is C10H6Br2O4. The van der Waals surface area contributed by atoms with E-state index in [0.717, 1.165) is 0 Å². The molecule has 1 aromatic carbocycles. The summed E-state index contributed by atoms with van der Waals surface area (Å²) >= 11 is 6.39. The largest absolute Gasteiger partial charge is 0.503 e. The van der Waals surface area contributed by atoms with E-state index in [1.165, 1.54) is 6.07 Å². The highest BCUT2D eigenvalue weighted by Gasteiger charge is 2.19. The average molecular weight is 350 g/mol. The van der Waals surface area contributed by atoms with Crippen molar-refractivity contribution in [2.75, 3.05) is 0 Å². The highest BCUT2D eigenvalue weighted by Crippen LogP contribution is 2.46. The fraction of sp³-hybridized carbons (Fsp3) is 0.100. The van der Waals surface area contributed by atoms with Gasteiger partial charge in [0.2, 0.25) is 5.75 Å². The lowest BCUT2D eigenvalue weighted by Crippen LogP contribution is -1.98. The molecule has 0 unspecified atom stereocenters. The summed E-state index contributed by atoms with van der Waals surface area (Å²) in [6.07, 6.45) is 0. The third kappa shape index (κ3) is 1.53. The summed E-state index contributed by atoms with van der Waals surface area (Å²) < 4.78 is 5.71. The van der Waals surface area contributed by atoms with E-state index in [9.17, 15) is 15.0 Å². The maximum Gasteiger partial charge on any atom is 0.336 e. The monoisotopic (exact) mass is 348 g/mol. The van der Waals surface area contributed by atoms with E-state index in [2.05, 4.69) is 31.9 Å². The van der Waals surface area contributed by atoms with E-state index >= 15 is 0 Å². The molecule has 16 heavy (non-hydrogen) atoms. The van der Waals surface area contributed by atoms with Gasteiger partial charge in [0.15, 0.2) is 11.3 Å². The fourth-order valence-electron chi connectivity index (χ4n) is 1.47. The van der Waals surface area contributed by atoms with E-state index in [1.807, 2.05) is 0 Å². The van der Waals surface area contributed by atoms with Crippen LogP contribution in [0.1, 0.15) is 5.56 Å². The molecule has 0 fully saturated rings. The number of fused-ring (bicyclic) bond motifs is 1. The number of benzene rings is 1. The van der Waals surface area contributed by atoms with Crippen LogP contribution in [-0.2, 0) is 0 Å². The summed E-state index contributed by atoms with van der Waals surface area (Å²) in [5.74, 6) is -0.820. The van der Waals surface area contributed by atoms with Crippen molar-refractivity contribution in [1.82, 2.24) is 0 Å². The number of rotatable bonds is 0. The quantitative estimate of drug-likeness (QED) is 0.566. The molecule has 0 spiro atoms. The van der Waals surface area contributed by atoms with Gasteiger partial charge in [-0.1, -0.05) is 0 Å². The summed E-state index contributed by atoms with van der Waals surface area (Å²) in [6, 6.07) is 1.32. The van der Waals surface area contributed by atoms with Crippen molar-refractivity contribution in [1.29, 1.82) is 0 Å². The lowest BCUT2D eigenvalue weighted by molar-refractivity contribution is 0.395. The molecule has 1 aromatic heterocycles. The minimum absolute atomic E-state index is 0.0300. The molecular weight excluding hydrogens is 344 g/mol. The minimum atomic E-state index is -0.575. The van der Waals surface area contributed by atoms with Gasteiger partial charge in [-0.15, -0.1) is 0 Å². The zero-order chi connectivity index (χ0) is 12.0. The van der Waals surface area contributed by atoms with Gasteiger partial charge in [-0.3, -0.25) is 0 Å².